The number of hydrogen-bond donors (Lipinski definition) is 1. The molecule has 0 fully saturated rings. The number of carbonyl (C=O) groups excluding carboxylic acids is 1. The molecule has 1 aromatic heterocycles. The zero-order valence-corrected chi connectivity index (χ0v) is 12.4. The van der Waals surface area contributed by atoms with E-state index in [2.05, 4.69) is 29.2 Å². The highest BCUT2D eigenvalue weighted by atomic mass is 16.5. The first-order chi connectivity index (χ1) is 10.8. The SMILES string of the molecule is COC(=O)C1Cc2c([nH]c3ccccc23)C1c1ccccc1. The summed E-state index contributed by atoms with van der Waals surface area (Å²) in [6, 6.07) is 18.5. The van der Waals surface area contributed by atoms with Gasteiger partial charge in [-0.3, -0.25) is 4.79 Å². The number of ether oxygens (including phenoxy) is 1. The molecule has 1 N–H and O–H groups in total. The number of fused-ring (bicyclic) bond motifs is 3. The Bertz CT molecular complexity index is 835. The average Bonchev–Trinajstić information content (AvgIpc) is 3.10. The fourth-order valence-electron chi connectivity index (χ4n) is 3.68. The van der Waals surface area contributed by atoms with Crippen LogP contribution in [0.15, 0.2) is 54.6 Å². The Balaban J connectivity index is 1.90. The maximum atomic E-state index is 12.3. The molecule has 2 atom stereocenters. The number of methoxy groups -OCH3 is 1. The highest BCUT2D eigenvalue weighted by Crippen LogP contribution is 2.45. The van der Waals surface area contributed by atoms with Gasteiger partial charge in [-0.05, 0) is 23.6 Å². The van der Waals surface area contributed by atoms with Crippen LogP contribution in [-0.2, 0) is 16.0 Å². The molecule has 0 radical (unpaired) electrons. The highest BCUT2D eigenvalue weighted by molar-refractivity contribution is 5.88. The zero-order chi connectivity index (χ0) is 15.1. The average molecular weight is 291 g/mol. The molecule has 0 amide bonds. The van der Waals surface area contributed by atoms with Crippen molar-refractivity contribution in [2.24, 2.45) is 5.92 Å². The van der Waals surface area contributed by atoms with Gasteiger partial charge in [0.05, 0.1) is 13.0 Å². The van der Waals surface area contributed by atoms with Crippen LogP contribution < -0.4 is 0 Å². The molecule has 2 aromatic carbocycles. The van der Waals surface area contributed by atoms with Crippen molar-refractivity contribution in [2.75, 3.05) is 7.11 Å². The first kappa shape index (κ1) is 13.1. The van der Waals surface area contributed by atoms with Gasteiger partial charge in [-0.1, -0.05) is 48.5 Å². The molecule has 3 heteroatoms. The van der Waals surface area contributed by atoms with Crippen LogP contribution in [0.25, 0.3) is 10.9 Å². The zero-order valence-electron chi connectivity index (χ0n) is 12.4. The molecule has 2 unspecified atom stereocenters. The minimum absolute atomic E-state index is 0.0380. The van der Waals surface area contributed by atoms with E-state index < -0.39 is 0 Å². The second-order valence-corrected chi connectivity index (χ2v) is 5.78. The van der Waals surface area contributed by atoms with Crippen LogP contribution >= 0.6 is 0 Å². The molecule has 0 saturated carbocycles. The molecule has 1 aliphatic carbocycles. The molecule has 0 spiro atoms. The van der Waals surface area contributed by atoms with Gasteiger partial charge in [-0.25, -0.2) is 0 Å². The summed E-state index contributed by atoms with van der Waals surface area (Å²) in [5, 5.41) is 1.21. The second kappa shape index (κ2) is 5.02. The number of aromatic amines is 1. The predicted molar refractivity (Wildman–Crippen MR) is 85.8 cm³/mol. The van der Waals surface area contributed by atoms with E-state index in [0.717, 1.165) is 23.2 Å². The first-order valence-corrected chi connectivity index (χ1v) is 7.52. The van der Waals surface area contributed by atoms with Gasteiger partial charge in [0.1, 0.15) is 0 Å². The Labute approximate surface area is 128 Å². The Kier molecular flexibility index (Phi) is 3.00. The van der Waals surface area contributed by atoms with E-state index in [1.54, 1.807) is 0 Å². The fraction of sp³-hybridized carbons (Fsp3) is 0.211. The number of nitrogens with one attached hydrogen (secondary N) is 1. The molecule has 3 nitrogen and oxygen atoms in total. The van der Waals surface area contributed by atoms with Gasteiger partial charge in [0.2, 0.25) is 0 Å². The van der Waals surface area contributed by atoms with Crippen molar-refractivity contribution in [3.63, 3.8) is 0 Å². The third-order valence-electron chi connectivity index (χ3n) is 4.65. The fourth-order valence-corrected chi connectivity index (χ4v) is 3.68. The summed E-state index contributed by atoms with van der Waals surface area (Å²) in [7, 11) is 1.47. The van der Waals surface area contributed by atoms with Crippen molar-refractivity contribution in [1.29, 1.82) is 0 Å². The van der Waals surface area contributed by atoms with E-state index in [1.165, 1.54) is 18.1 Å². The van der Waals surface area contributed by atoms with Crippen LogP contribution in [0.4, 0.5) is 0 Å². The van der Waals surface area contributed by atoms with E-state index in [1.807, 2.05) is 30.3 Å². The number of rotatable bonds is 2. The van der Waals surface area contributed by atoms with Crippen molar-refractivity contribution in [3.8, 4) is 0 Å². The lowest BCUT2D eigenvalue weighted by Crippen LogP contribution is -2.22. The number of hydrogen-bond acceptors (Lipinski definition) is 2. The van der Waals surface area contributed by atoms with Crippen LogP contribution in [0.3, 0.4) is 0 Å². The number of para-hydroxylation sites is 1. The number of H-pyrrole nitrogens is 1. The molecular formula is C19H17NO2. The number of benzene rings is 2. The van der Waals surface area contributed by atoms with Crippen molar-refractivity contribution >= 4 is 16.9 Å². The Morgan fingerprint density at radius 2 is 1.82 bits per heavy atom. The van der Waals surface area contributed by atoms with Gasteiger partial charge in [0.25, 0.3) is 0 Å². The smallest absolute Gasteiger partial charge is 0.310 e. The summed E-state index contributed by atoms with van der Waals surface area (Å²) in [5.74, 6) is -0.253. The van der Waals surface area contributed by atoms with Crippen molar-refractivity contribution in [3.05, 3.63) is 71.4 Å². The van der Waals surface area contributed by atoms with Gasteiger partial charge in [-0.15, -0.1) is 0 Å². The normalized spacial score (nSPS) is 20.0. The first-order valence-electron chi connectivity index (χ1n) is 7.52. The van der Waals surface area contributed by atoms with E-state index in [0.29, 0.717) is 0 Å². The Morgan fingerprint density at radius 3 is 2.59 bits per heavy atom. The van der Waals surface area contributed by atoms with E-state index in [-0.39, 0.29) is 17.8 Å². The summed E-state index contributed by atoms with van der Waals surface area (Å²) in [6.45, 7) is 0. The van der Waals surface area contributed by atoms with Crippen molar-refractivity contribution < 1.29 is 9.53 Å². The van der Waals surface area contributed by atoms with E-state index >= 15 is 0 Å². The van der Waals surface area contributed by atoms with Crippen LogP contribution in [0.2, 0.25) is 0 Å². The third-order valence-corrected chi connectivity index (χ3v) is 4.65. The second-order valence-electron chi connectivity index (χ2n) is 5.78. The predicted octanol–water partition coefficient (Wildman–Crippen LogP) is 3.65. The Hall–Kier alpha value is -2.55. The van der Waals surface area contributed by atoms with Gasteiger partial charge < -0.3 is 9.72 Å². The lowest BCUT2D eigenvalue weighted by molar-refractivity contribution is -0.145. The van der Waals surface area contributed by atoms with Crippen LogP contribution in [-0.4, -0.2) is 18.1 Å². The molecule has 22 heavy (non-hydrogen) atoms. The lowest BCUT2D eigenvalue weighted by atomic mass is 9.88. The van der Waals surface area contributed by atoms with Crippen LogP contribution in [0, 0.1) is 5.92 Å². The number of carbonyl (C=O) groups is 1. The monoisotopic (exact) mass is 291 g/mol. The standard InChI is InChI=1S/C19H17NO2/c1-22-19(21)15-11-14-13-9-5-6-10-16(13)20-18(14)17(15)12-7-3-2-4-8-12/h2-10,15,17,20H,11H2,1H3. The third kappa shape index (κ3) is 1.86. The van der Waals surface area contributed by atoms with Gasteiger partial charge in [0.15, 0.2) is 0 Å². The van der Waals surface area contributed by atoms with Crippen molar-refractivity contribution in [2.45, 2.75) is 12.3 Å². The summed E-state index contributed by atoms with van der Waals surface area (Å²) in [6.07, 6.45) is 0.728. The molecule has 0 bridgehead atoms. The molecule has 0 aliphatic heterocycles. The van der Waals surface area contributed by atoms with E-state index in [4.69, 9.17) is 4.74 Å². The number of aromatic nitrogens is 1. The van der Waals surface area contributed by atoms with Gasteiger partial charge >= 0.3 is 5.97 Å². The minimum atomic E-state index is -0.154. The molecule has 4 rings (SSSR count). The molecule has 1 heterocycles. The van der Waals surface area contributed by atoms with E-state index in [9.17, 15) is 4.79 Å². The summed E-state index contributed by atoms with van der Waals surface area (Å²) in [5.41, 5.74) is 4.70. The largest absolute Gasteiger partial charge is 0.469 e. The molecule has 0 saturated heterocycles. The summed E-state index contributed by atoms with van der Waals surface area (Å²) >= 11 is 0. The molecule has 110 valence electrons. The quantitative estimate of drug-likeness (QED) is 0.732. The molecule has 1 aliphatic rings. The topological polar surface area (TPSA) is 42.1 Å². The Morgan fingerprint density at radius 1 is 1.09 bits per heavy atom. The van der Waals surface area contributed by atoms with Crippen LogP contribution in [0.1, 0.15) is 22.7 Å². The summed E-state index contributed by atoms with van der Waals surface area (Å²) < 4.78 is 5.05. The van der Waals surface area contributed by atoms with Gasteiger partial charge in [-0.2, -0.15) is 0 Å². The van der Waals surface area contributed by atoms with Gasteiger partial charge in [0, 0.05) is 22.5 Å². The molecule has 3 aromatic rings. The molecular weight excluding hydrogens is 274 g/mol. The van der Waals surface area contributed by atoms with Crippen molar-refractivity contribution in [1.82, 2.24) is 4.98 Å². The maximum absolute atomic E-state index is 12.3. The lowest BCUT2D eigenvalue weighted by Gasteiger charge is -2.18. The summed E-state index contributed by atoms with van der Waals surface area (Å²) in [4.78, 5) is 15.8. The minimum Gasteiger partial charge on any atom is -0.469 e. The number of esters is 1. The maximum Gasteiger partial charge on any atom is 0.310 e. The highest BCUT2D eigenvalue weighted by Gasteiger charge is 2.41. The van der Waals surface area contributed by atoms with Crippen LogP contribution in [0.5, 0.6) is 0 Å².